The normalized spacial score (nSPS) is 26.7. The summed E-state index contributed by atoms with van der Waals surface area (Å²) in [4.78, 5) is 39.6. The van der Waals surface area contributed by atoms with Crippen LogP contribution in [-0.2, 0) is 25.5 Å². The molecule has 1 aliphatic rings. The molecule has 0 spiro atoms. The molecular weight excluding hydrogens is 450 g/mol. The molecule has 7 atom stereocenters. The Hall–Kier alpha value is -2.87. The summed E-state index contributed by atoms with van der Waals surface area (Å²) in [5.41, 5.74) is 7.33. The van der Waals surface area contributed by atoms with Crippen LogP contribution in [0.5, 0.6) is 0 Å². The Kier molecular flexibility index (Phi) is 8.36. The molecule has 1 aromatic heterocycles. The molecule has 12 heteroatoms. The van der Waals surface area contributed by atoms with Crippen molar-refractivity contribution < 1.29 is 44.7 Å². The molecule has 3 rings (SSSR count). The minimum absolute atomic E-state index is 0.00990. The number of carbonyl (C=O) groups is 3. The molecule has 1 amide bonds. The highest BCUT2D eigenvalue weighted by molar-refractivity contribution is 5.91. The van der Waals surface area contributed by atoms with E-state index in [1.54, 1.807) is 6.20 Å². The first kappa shape index (κ1) is 25.7. The molecule has 1 fully saturated rings. The third-order valence-electron chi connectivity index (χ3n) is 6.02. The zero-order valence-electron chi connectivity index (χ0n) is 18.2. The number of amides is 1. The van der Waals surface area contributed by atoms with Crippen molar-refractivity contribution in [3.63, 3.8) is 0 Å². The second-order valence-corrected chi connectivity index (χ2v) is 8.40. The van der Waals surface area contributed by atoms with Gasteiger partial charge in [-0.15, -0.1) is 0 Å². The number of ether oxygens (including phenoxy) is 1. The van der Waals surface area contributed by atoms with Crippen LogP contribution in [0, 0.1) is 5.92 Å². The van der Waals surface area contributed by atoms with Crippen molar-refractivity contribution in [2.45, 2.75) is 55.9 Å². The topological polar surface area (TPSA) is 215 Å². The van der Waals surface area contributed by atoms with E-state index in [0.717, 1.165) is 10.9 Å². The van der Waals surface area contributed by atoms with Gasteiger partial charge in [-0.3, -0.25) is 9.59 Å². The Balaban J connectivity index is 1.57. The summed E-state index contributed by atoms with van der Waals surface area (Å²) in [6.45, 7) is -0.640. The molecule has 34 heavy (non-hydrogen) atoms. The number of aliphatic hydroxyl groups excluding tert-OH is 4. The third kappa shape index (κ3) is 5.78. The summed E-state index contributed by atoms with van der Waals surface area (Å²) in [6.07, 6.45) is -5.25. The fourth-order valence-corrected chi connectivity index (χ4v) is 4.05. The van der Waals surface area contributed by atoms with E-state index in [1.165, 1.54) is 0 Å². The zero-order valence-corrected chi connectivity index (χ0v) is 18.2. The first-order valence-electron chi connectivity index (χ1n) is 10.8. The number of hydrogen-bond donors (Lipinski definition) is 8. The molecule has 2 aromatic rings. The quantitative estimate of drug-likeness (QED) is 0.188. The van der Waals surface area contributed by atoms with E-state index in [4.69, 9.17) is 15.6 Å². The van der Waals surface area contributed by atoms with Gasteiger partial charge in [-0.2, -0.15) is 0 Å². The van der Waals surface area contributed by atoms with Crippen molar-refractivity contribution in [1.82, 2.24) is 10.3 Å². The smallest absolute Gasteiger partial charge is 0.326 e. The number of ketones is 1. The van der Waals surface area contributed by atoms with Crippen LogP contribution in [-0.4, -0.2) is 91.5 Å². The first-order valence-corrected chi connectivity index (χ1v) is 10.8. The van der Waals surface area contributed by atoms with Gasteiger partial charge in [-0.1, -0.05) is 18.2 Å². The number of aliphatic hydroxyl groups is 4. The van der Waals surface area contributed by atoms with Crippen molar-refractivity contribution in [1.29, 1.82) is 0 Å². The molecule has 1 saturated heterocycles. The van der Waals surface area contributed by atoms with Crippen LogP contribution in [0.2, 0.25) is 0 Å². The highest BCUT2D eigenvalue weighted by Gasteiger charge is 2.44. The monoisotopic (exact) mass is 479 g/mol. The van der Waals surface area contributed by atoms with Crippen molar-refractivity contribution >= 4 is 28.6 Å². The summed E-state index contributed by atoms with van der Waals surface area (Å²) >= 11 is 0. The number of Topliss-reactive ketones (excluding diaryl/α,β-unsaturated/α-hetero) is 1. The average Bonchev–Trinajstić information content (AvgIpc) is 3.21. The van der Waals surface area contributed by atoms with Crippen LogP contribution in [0.15, 0.2) is 30.5 Å². The van der Waals surface area contributed by atoms with Crippen molar-refractivity contribution in [2.75, 3.05) is 6.61 Å². The van der Waals surface area contributed by atoms with E-state index in [-0.39, 0.29) is 6.42 Å². The lowest BCUT2D eigenvalue weighted by Gasteiger charge is -2.40. The highest BCUT2D eigenvalue weighted by Crippen LogP contribution is 2.28. The molecular formula is C22H29N3O9. The zero-order chi connectivity index (χ0) is 25.0. The minimum atomic E-state index is -1.63. The van der Waals surface area contributed by atoms with Gasteiger partial charge in [0.25, 0.3) is 0 Å². The van der Waals surface area contributed by atoms with E-state index >= 15 is 0 Å². The van der Waals surface area contributed by atoms with Gasteiger partial charge >= 0.3 is 5.97 Å². The molecule has 1 aromatic carbocycles. The van der Waals surface area contributed by atoms with Gasteiger partial charge in [0.2, 0.25) is 5.91 Å². The summed E-state index contributed by atoms with van der Waals surface area (Å²) in [5, 5.41) is 52.0. The van der Waals surface area contributed by atoms with E-state index in [0.29, 0.717) is 5.56 Å². The fourth-order valence-electron chi connectivity index (χ4n) is 4.05. The highest BCUT2D eigenvalue weighted by atomic mass is 16.6. The first-order chi connectivity index (χ1) is 16.1. The fraction of sp³-hybridized carbons (Fsp3) is 0.500. The number of aliphatic carboxylic acids is 1. The van der Waals surface area contributed by atoms with Crippen LogP contribution in [0.4, 0.5) is 0 Å². The number of para-hydroxylation sites is 1. The molecule has 186 valence electrons. The molecule has 12 nitrogen and oxygen atoms in total. The Morgan fingerprint density at radius 3 is 2.53 bits per heavy atom. The number of carboxylic acids is 1. The summed E-state index contributed by atoms with van der Waals surface area (Å²) in [6, 6.07) is 4.72. The molecule has 1 aliphatic heterocycles. The third-order valence-corrected chi connectivity index (χ3v) is 6.02. The Bertz CT molecular complexity index is 1030. The van der Waals surface area contributed by atoms with Crippen LogP contribution >= 0.6 is 0 Å². The lowest BCUT2D eigenvalue weighted by atomic mass is 9.85. The number of rotatable bonds is 10. The Morgan fingerprint density at radius 2 is 1.85 bits per heavy atom. The number of hydrogen-bond acceptors (Lipinski definition) is 9. The molecule has 6 unspecified atom stereocenters. The predicted molar refractivity (Wildman–Crippen MR) is 117 cm³/mol. The van der Waals surface area contributed by atoms with E-state index in [2.05, 4.69) is 10.3 Å². The van der Waals surface area contributed by atoms with Gasteiger partial charge in [0, 0.05) is 42.3 Å². The van der Waals surface area contributed by atoms with E-state index in [9.17, 15) is 34.8 Å². The molecule has 0 aliphatic carbocycles. The molecule has 0 radical (unpaired) electrons. The SMILES string of the molecule is NC(CC(=O)N[C@@H](Cc1c[nH]c2ccccc12)C(=O)O)C(=O)CC1C(O)OC(CO)C(O)C1O. The van der Waals surface area contributed by atoms with Crippen LogP contribution < -0.4 is 11.1 Å². The van der Waals surface area contributed by atoms with Gasteiger partial charge < -0.3 is 46.3 Å². The molecule has 2 heterocycles. The summed E-state index contributed by atoms with van der Waals surface area (Å²) in [5.74, 6) is -3.92. The lowest BCUT2D eigenvalue weighted by molar-refractivity contribution is -0.269. The number of aromatic nitrogens is 1. The van der Waals surface area contributed by atoms with Gasteiger partial charge in [0.05, 0.1) is 18.8 Å². The van der Waals surface area contributed by atoms with Crippen molar-refractivity contribution in [3.05, 3.63) is 36.0 Å². The number of H-pyrrole nitrogens is 1. The van der Waals surface area contributed by atoms with Gasteiger partial charge in [-0.05, 0) is 11.6 Å². The average molecular weight is 479 g/mol. The van der Waals surface area contributed by atoms with Gasteiger partial charge in [0.15, 0.2) is 12.1 Å². The molecule has 0 saturated carbocycles. The summed E-state index contributed by atoms with van der Waals surface area (Å²) in [7, 11) is 0. The number of carboxylic acid groups (broad SMARTS) is 1. The van der Waals surface area contributed by atoms with Crippen LogP contribution in [0.3, 0.4) is 0 Å². The number of benzene rings is 1. The summed E-state index contributed by atoms with van der Waals surface area (Å²) < 4.78 is 5.01. The second kappa shape index (κ2) is 11.0. The predicted octanol–water partition coefficient (Wildman–Crippen LogP) is -2.00. The Labute approximate surface area is 194 Å². The number of fused-ring (bicyclic) bond motifs is 1. The second-order valence-electron chi connectivity index (χ2n) is 8.40. The lowest BCUT2D eigenvalue weighted by Crippen LogP contribution is -2.56. The van der Waals surface area contributed by atoms with Gasteiger partial charge in [0.1, 0.15) is 18.2 Å². The van der Waals surface area contributed by atoms with Crippen molar-refractivity contribution in [2.24, 2.45) is 11.7 Å². The largest absolute Gasteiger partial charge is 0.480 e. The number of aromatic amines is 1. The molecule has 0 bridgehead atoms. The standard InChI is InChI=1S/C22H29N3O9/c23-13(16(27)6-12-19(29)20(30)17(9-26)34-22(12)33)7-18(28)25-15(21(31)32)5-10-8-24-14-4-2-1-3-11(10)14/h1-4,8,12-13,15,17,19-20,22,24,26,29-30,33H,5-7,9,23H2,(H,25,28)(H,31,32)/t12?,13?,15-,17?,19?,20?,22?/m0/s1. The van der Waals surface area contributed by atoms with Gasteiger partial charge in [-0.25, -0.2) is 4.79 Å². The van der Waals surface area contributed by atoms with E-state index in [1.807, 2.05) is 24.3 Å². The number of carbonyl (C=O) groups excluding carboxylic acids is 2. The van der Waals surface area contributed by atoms with Crippen LogP contribution in [0.1, 0.15) is 18.4 Å². The maximum atomic E-state index is 12.5. The number of nitrogens with one attached hydrogen (secondary N) is 2. The molecule has 9 N–H and O–H groups in total. The van der Waals surface area contributed by atoms with Crippen LogP contribution in [0.25, 0.3) is 10.9 Å². The number of nitrogens with two attached hydrogens (primary N) is 1. The minimum Gasteiger partial charge on any atom is -0.480 e. The van der Waals surface area contributed by atoms with E-state index < -0.39 is 79.7 Å². The Morgan fingerprint density at radius 1 is 1.15 bits per heavy atom. The van der Waals surface area contributed by atoms with Crippen molar-refractivity contribution in [3.8, 4) is 0 Å². The maximum Gasteiger partial charge on any atom is 0.326 e. The maximum absolute atomic E-state index is 12.5.